The van der Waals surface area contributed by atoms with Gasteiger partial charge in [-0.2, -0.15) is 0 Å². The van der Waals surface area contributed by atoms with E-state index >= 15 is 0 Å². The number of carbonyl (C=O) groups excluding carboxylic acids is 1. The third kappa shape index (κ3) is 6.31. The highest BCUT2D eigenvalue weighted by Crippen LogP contribution is 2.22. The molecule has 1 atom stereocenters. The van der Waals surface area contributed by atoms with Gasteiger partial charge in [-0.1, -0.05) is 30.9 Å². The first-order valence-corrected chi connectivity index (χ1v) is 11.0. The number of halogens is 2. The zero-order chi connectivity index (χ0) is 23.8. The van der Waals surface area contributed by atoms with Crippen LogP contribution < -0.4 is 5.32 Å². The van der Waals surface area contributed by atoms with Crippen LogP contribution in [0.4, 0.5) is 8.78 Å². The molecule has 1 N–H and O–H groups in total. The summed E-state index contributed by atoms with van der Waals surface area (Å²) in [6, 6.07) is 2.86. The molecule has 1 aliphatic heterocycles. The molecular weight excluding hydrogens is 408 g/mol. The topological polar surface area (TPSA) is 35.6 Å². The first-order chi connectivity index (χ1) is 15.2. The molecule has 2 rings (SSSR count). The fraction of sp³-hybridized carbons (Fsp3) is 0.423. The van der Waals surface area contributed by atoms with E-state index in [1.165, 1.54) is 25.1 Å². The van der Waals surface area contributed by atoms with Crippen molar-refractivity contribution >= 4 is 5.91 Å². The zero-order valence-corrected chi connectivity index (χ0v) is 19.7. The van der Waals surface area contributed by atoms with E-state index in [1.54, 1.807) is 6.20 Å². The highest BCUT2D eigenvalue weighted by atomic mass is 19.1. The summed E-state index contributed by atoms with van der Waals surface area (Å²) in [5, 5.41) is 2.72. The van der Waals surface area contributed by atoms with Crippen molar-refractivity contribution in [3.63, 3.8) is 0 Å². The van der Waals surface area contributed by atoms with Gasteiger partial charge in [0.15, 0.2) is 0 Å². The van der Waals surface area contributed by atoms with Crippen molar-refractivity contribution < 1.29 is 13.6 Å². The van der Waals surface area contributed by atoms with Gasteiger partial charge in [0.1, 0.15) is 11.6 Å². The number of carbonyl (C=O) groups is 1. The third-order valence-corrected chi connectivity index (χ3v) is 6.09. The Morgan fingerprint density at radius 1 is 1.25 bits per heavy atom. The van der Waals surface area contributed by atoms with Crippen LogP contribution in [0.3, 0.4) is 0 Å². The van der Waals surface area contributed by atoms with Crippen LogP contribution in [0.1, 0.15) is 51.2 Å². The fourth-order valence-corrected chi connectivity index (χ4v) is 3.76. The number of allylic oxidation sites excluding steroid dienone is 2. The van der Waals surface area contributed by atoms with Crippen molar-refractivity contribution in [2.24, 2.45) is 0 Å². The Kier molecular flexibility index (Phi) is 9.24. The smallest absolute Gasteiger partial charge is 0.253 e. The van der Waals surface area contributed by atoms with Gasteiger partial charge in [-0.3, -0.25) is 4.79 Å². The molecule has 0 saturated carbocycles. The molecule has 4 nitrogen and oxygen atoms in total. The number of likely N-dealkylation sites (tertiary alicyclic amines) is 1. The molecule has 6 heteroatoms. The number of hydrogen-bond acceptors (Lipinski definition) is 3. The normalized spacial score (nSPS) is 16.4. The highest BCUT2D eigenvalue weighted by Gasteiger charge is 2.23. The second-order valence-electron chi connectivity index (χ2n) is 8.42. The molecule has 32 heavy (non-hydrogen) atoms. The lowest BCUT2D eigenvalue weighted by atomic mass is 10.0. The molecule has 0 spiro atoms. The zero-order valence-electron chi connectivity index (χ0n) is 19.7. The monoisotopic (exact) mass is 443 g/mol. The maximum atomic E-state index is 14.3. The van der Waals surface area contributed by atoms with Crippen LogP contribution in [0.25, 0.3) is 0 Å². The predicted octanol–water partition coefficient (Wildman–Crippen LogP) is 5.57. The lowest BCUT2D eigenvalue weighted by Gasteiger charge is -2.38. The fourth-order valence-electron chi connectivity index (χ4n) is 3.76. The summed E-state index contributed by atoms with van der Waals surface area (Å²) in [6.07, 6.45) is 8.57. The molecule has 1 aliphatic rings. The Hall–Kier alpha value is -2.89. The summed E-state index contributed by atoms with van der Waals surface area (Å²) < 4.78 is 27.8. The molecule has 1 aromatic carbocycles. The number of rotatable bonds is 9. The third-order valence-electron chi connectivity index (χ3n) is 6.09. The molecule has 1 amide bonds. The van der Waals surface area contributed by atoms with Crippen LogP contribution in [0.5, 0.6) is 0 Å². The number of amides is 1. The maximum absolute atomic E-state index is 14.3. The second kappa shape index (κ2) is 11.7. The van der Waals surface area contributed by atoms with Crippen LogP contribution in [0.2, 0.25) is 0 Å². The highest BCUT2D eigenvalue weighted by molar-refractivity contribution is 5.95. The SMILES string of the molecule is C=C/C(=C\N(CC1CCCCN1C=C)C(C)=C(C)C)C(=O)NCc1ccc(F)c(C)c1F. The Labute approximate surface area is 191 Å². The summed E-state index contributed by atoms with van der Waals surface area (Å²) in [4.78, 5) is 17.2. The Morgan fingerprint density at radius 2 is 1.97 bits per heavy atom. The Balaban J connectivity index is 2.22. The molecule has 1 saturated heterocycles. The minimum absolute atomic E-state index is 0.0362. The van der Waals surface area contributed by atoms with Gasteiger partial charge in [-0.25, -0.2) is 8.78 Å². The van der Waals surface area contributed by atoms with Crippen LogP contribution in [0.15, 0.2) is 60.6 Å². The summed E-state index contributed by atoms with van der Waals surface area (Å²) in [6.45, 7) is 16.9. The van der Waals surface area contributed by atoms with E-state index in [2.05, 4.69) is 28.3 Å². The van der Waals surface area contributed by atoms with Crippen molar-refractivity contribution in [2.75, 3.05) is 13.1 Å². The quantitative estimate of drug-likeness (QED) is 0.400. The molecule has 174 valence electrons. The van der Waals surface area contributed by atoms with Crippen molar-refractivity contribution in [2.45, 2.75) is 59.5 Å². The summed E-state index contributed by atoms with van der Waals surface area (Å²) in [7, 11) is 0. The first kappa shape index (κ1) is 25.4. The average molecular weight is 444 g/mol. The average Bonchev–Trinajstić information content (AvgIpc) is 2.79. The number of hydrogen-bond donors (Lipinski definition) is 1. The van der Waals surface area contributed by atoms with Crippen LogP contribution in [-0.2, 0) is 11.3 Å². The lowest BCUT2D eigenvalue weighted by Crippen LogP contribution is -2.42. The van der Waals surface area contributed by atoms with Crippen molar-refractivity contribution in [1.29, 1.82) is 0 Å². The minimum Gasteiger partial charge on any atom is -0.373 e. The van der Waals surface area contributed by atoms with E-state index < -0.39 is 11.6 Å². The number of nitrogens with one attached hydrogen (secondary N) is 1. The maximum Gasteiger partial charge on any atom is 0.253 e. The summed E-state index contributed by atoms with van der Waals surface area (Å²) >= 11 is 0. The Bertz CT molecular complexity index is 916. The van der Waals surface area contributed by atoms with Gasteiger partial charge in [-0.15, -0.1) is 0 Å². The van der Waals surface area contributed by atoms with Crippen LogP contribution in [0, 0.1) is 18.6 Å². The Morgan fingerprint density at radius 3 is 2.59 bits per heavy atom. The van der Waals surface area contributed by atoms with E-state index in [0.717, 1.165) is 43.6 Å². The van der Waals surface area contributed by atoms with E-state index in [9.17, 15) is 13.6 Å². The number of piperidine rings is 1. The molecule has 1 heterocycles. The minimum atomic E-state index is -0.641. The van der Waals surface area contributed by atoms with Crippen LogP contribution in [-0.4, -0.2) is 34.8 Å². The molecule has 1 fully saturated rings. The number of benzene rings is 1. The molecule has 0 bridgehead atoms. The molecule has 0 aliphatic carbocycles. The van der Waals surface area contributed by atoms with E-state index in [1.807, 2.05) is 27.0 Å². The summed E-state index contributed by atoms with van der Waals surface area (Å²) in [5.74, 6) is -1.61. The van der Waals surface area contributed by atoms with Gasteiger partial charge in [0.05, 0.1) is 5.57 Å². The van der Waals surface area contributed by atoms with Gasteiger partial charge in [-0.05, 0) is 59.2 Å². The van der Waals surface area contributed by atoms with Crippen molar-refractivity contribution in [3.05, 3.63) is 83.4 Å². The second-order valence-corrected chi connectivity index (χ2v) is 8.42. The standard InChI is InChI=1S/C26H35F2N3O/c1-7-21(26(32)29-15-22-12-13-24(27)19(5)25(22)28)16-31(20(6)18(3)4)17-23-11-9-10-14-30(23)8-2/h7-8,12-13,16,23H,1-2,9-11,14-15,17H2,3-6H3,(H,29,32)/b21-16+. The van der Waals surface area contributed by atoms with Crippen molar-refractivity contribution in [1.82, 2.24) is 15.1 Å². The summed E-state index contributed by atoms with van der Waals surface area (Å²) in [5.41, 5.74) is 2.77. The van der Waals surface area contributed by atoms with Gasteiger partial charge in [0, 0.05) is 48.7 Å². The first-order valence-electron chi connectivity index (χ1n) is 11.0. The van der Waals surface area contributed by atoms with Crippen LogP contribution >= 0.6 is 0 Å². The van der Waals surface area contributed by atoms with Gasteiger partial charge < -0.3 is 15.1 Å². The molecule has 0 aromatic heterocycles. The van der Waals surface area contributed by atoms with Crippen molar-refractivity contribution in [3.8, 4) is 0 Å². The molecular formula is C26H35F2N3O. The molecule has 1 aromatic rings. The lowest BCUT2D eigenvalue weighted by molar-refractivity contribution is -0.117. The predicted molar refractivity (Wildman–Crippen MR) is 127 cm³/mol. The van der Waals surface area contributed by atoms with Gasteiger partial charge >= 0.3 is 0 Å². The largest absolute Gasteiger partial charge is 0.373 e. The number of nitrogens with zero attached hydrogens (tertiary/aromatic N) is 2. The van der Waals surface area contributed by atoms with E-state index in [-0.39, 0.29) is 23.6 Å². The van der Waals surface area contributed by atoms with E-state index in [4.69, 9.17) is 0 Å². The molecule has 0 radical (unpaired) electrons. The van der Waals surface area contributed by atoms with E-state index in [0.29, 0.717) is 11.6 Å². The van der Waals surface area contributed by atoms with Gasteiger partial charge in [0.2, 0.25) is 0 Å². The van der Waals surface area contributed by atoms with Gasteiger partial charge in [0.25, 0.3) is 5.91 Å². The molecule has 1 unspecified atom stereocenters.